The third-order valence-corrected chi connectivity index (χ3v) is 1.36. The summed E-state index contributed by atoms with van der Waals surface area (Å²) in [6, 6.07) is 4.04. The Labute approximate surface area is 57.3 Å². The molecule has 1 aromatic heterocycles. The van der Waals surface area contributed by atoms with Crippen LogP contribution in [0.2, 0.25) is 0 Å². The number of hydrogen-bond acceptors (Lipinski definition) is 0. The van der Waals surface area contributed by atoms with Crippen molar-refractivity contribution in [3.8, 4) is 0 Å². The maximum Gasteiger partial charge on any atom is 0.331 e. The Kier molecular flexibility index (Phi) is 1.63. The van der Waals surface area contributed by atoms with Gasteiger partial charge >= 0.3 is 16.1 Å². The molecule has 0 saturated carbocycles. The van der Waals surface area contributed by atoms with Crippen LogP contribution in [0.4, 0.5) is 0 Å². The van der Waals surface area contributed by atoms with Crippen molar-refractivity contribution in [3.05, 3.63) is 30.1 Å². The molecule has 8 heavy (non-hydrogen) atoms. The van der Waals surface area contributed by atoms with E-state index in [2.05, 4.69) is 29.1 Å². The largest absolute Gasteiger partial charge is 0.331 e. The highest BCUT2D eigenvalue weighted by atomic mass is 79.9. The molecule has 0 N–H and O–H groups in total. The average molecular weight is 173 g/mol. The second-order valence-corrected chi connectivity index (χ2v) is 2.54. The number of halogens is 1. The average Bonchev–Trinajstić information content (AvgIpc) is 1.64. The Morgan fingerprint density at radius 1 is 1.62 bits per heavy atom. The van der Waals surface area contributed by atoms with Gasteiger partial charge in [-0.3, -0.25) is 0 Å². The van der Waals surface area contributed by atoms with E-state index in [0.717, 1.165) is 0 Å². The third-order valence-electron chi connectivity index (χ3n) is 0.915. The summed E-state index contributed by atoms with van der Waals surface area (Å²) in [7, 11) is 0. The maximum atomic E-state index is 3.28. The summed E-state index contributed by atoms with van der Waals surface area (Å²) in [6.45, 7) is 2.05. The quantitative estimate of drug-likeness (QED) is 0.558. The minimum Gasteiger partial charge on any atom is -0.130 e. The van der Waals surface area contributed by atoms with Gasteiger partial charge in [0.1, 0.15) is 0 Å². The predicted molar refractivity (Wildman–Crippen MR) is 35.7 cm³/mol. The van der Waals surface area contributed by atoms with Crippen LogP contribution in [0.25, 0.3) is 0 Å². The van der Waals surface area contributed by atoms with Gasteiger partial charge in [-0.25, -0.2) is 0 Å². The molecule has 0 radical (unpaired) electrons. The van der Waals surface area contributed by atoms with Crippen LogP contribution in [0.3, 0.4) is 0 Å². The SMILES string of the molecule is Cc1ccc[n+](Br)c1. The molecule has 1 aromatic rings. The van der Waals surface area contributed by atoms with E-state index in [1.807, 2.05) is 22.1 Å². The van der Waals surface area contributed by atoms with E-state index < -0.39 is 0 Å². The lowest BCUT2D eigenvalue weighted by molar-refractivity contribution is -0.474. The fraction of sp³-hybridized carbons (Fsp3) is 0.167. The van der Waals surface area contributed by atoms with Crippen LogP contribution in [-0.2, 0) is 0 Å². The summed E-state index contributed by atoms with van der Waals surface area (Å²) in [4.78, 5) is 0. The van der Waals surface area contributed by atoms with Crippen molar-refractivity contribution in [2.45, 2.75) is 6.92 Å². The molecule has 0 fully saturated rings. The van der Waals surface area contributed by atoms with Crippen LogP contribution in [-0.4, -0.2) is 0 Å². The first kappa shape index (κ1) is 5.76. The number of aromatic nitrogens is 1. The molecular weight excluding hydrogens is 166 g/mol. The topological polar surface area (TPSA) is 3.88 Å². The van der Waals surface area contributed by atoms with E-state index in [-0.39, 0.29) is 0 Å². The maximum absolute atomic E-state index is 3.28. The van der Waals surface area contributed by atoms with Crippen LogP contribution in [0.15, 0.2) is 24.5 Å². The Hall–Kier alpha value is -0.370. The van der Waals surface area contributed by atoms with Crippen LogP contribution < -0.4 is 3.59 Å². The second kappa shape index (κ2) is 2.27. The minimum atomic E-state index is 1.25. The van der Waals surface area contributed by atoms with Gasteiger partial charge < -0.3 is 0 Å². The summed E-state index contributed by atoms with van der Waals surface area (Å²) in [5.41, 5.74) is 1.25. The first-order chi connectivity index (χ1) is 3.79. The lowest BCUT2D eigenvalue weighted by atomic mass is 10.3. The summed E-state index contributed by atoms with van der Waals surface area (Å²) in [5, 5.41) is 0. The van der Waals surface area contributed by atoms with Gasteiger partial charge in [0.15, 0.2) is 12.4 Å². The lowest BCUT2D eigenvalue weighted by Crippen LogP contribution is -2.16. The number of aryl methyl sites for hydroxylation is 1. The van der Waals surface area contributed by atoms with Crippen LogP contribution in [0.1, 0.15) is 5.56 Å². The zero-order chi connectivity index (χ0) is 5.98. The molecule has 2 heteroatoms. The zero-order valence-corrected chi connectivity index (χ0v) is 6.22. The molecule has 0 atom stereocenters. The molecule has 0 amide bonds. The summed E-state index contributed by atoms with van der Waals surface area (Å²) >= 11 is 3.28. The molecule has 0 bridgehead atoms. The van der Waals surface area contributed by atoms with Gasteiger partial charge in [-0.2, -0.15) is 0 Å². The van der Waals surface area contributed by atoms with Gasteiger partial charge in [-0.15, -0.1) is 3.59 Å². The molecule has 1 rings (SSSR count). The van der Waals surface area contributed by atoms with Gasteiger partial charge in [-0.05, 0) is 13.0 Å². The van der Waals surface area contributed by atoms with Crippen molar-refractivity contribution in [1.82, 2.24) is 0 Å². The summed E-state index contributed by atoms with van der Waals surface area (Å²) in [6.07, 6.45) is 3.94. The van der Waals surface area contributed by atoms with Crippen molar-refractivity contribution in [1.29, 1.82) is 0 Å². The van der Waals surface area contributed by atoms with Crippen LogP contribution in [0, 0.1) is 6.92 Å². The van der Waals surface area contributed by atoms with Crippen LogP contribution in [0.5, 0.6) is 0 Å². The van der Waals surface area contributed by atoms with Crippen molar-refractivity contribution in [3.63, 3.8) is 0 Å². The molecule has 0 unspecified atom stereocenters. The summed E-state index contributed by atoms with van der Waals surface area (Å²) in [5.74, 6) is 0. The molecule has 0 aliphatic carbocycles. The number of pyridine rings is 1. The van der Waals surface area contributed by atoms with E-state index in [1.54, 1.807) is 0 Å². The first-order valence-corrected chi connectivity index (χ1v) is 3.14. The smallest absolute Gasteiger partial charge is 0.130 e. The molecule has 0 aliphatic rings. The zero-order valence-electron chi connectivity index (χ0n) is 4.63. The fourth-order valence-corrected chi connectivity index (χ4v) is 1.02. The third kappa shape index (κ3) is 1.30. The molecule has 0 saturated heterocycles. The standard InChI is InChI=1S/C6H7BrN/c1-6-3-2-4-8(7)5-6/h2-5H,1H3/q+1. The minimum absolute atomic E-state index is 1.25. The molecule has 42 valence electrons. The van der Waals surface area contributed by atoms with Gasteiger partial charge in [0.2, 0.25) is 0 Å². The van der Waals surface area contributed by atoms with E-state index in [1.165, 1.54) is 5.56 Å². The second-order valence-electron chi connectivity index (χ2n) is 1.73. The Bertz CT molecular complexity index is 168. The van der Waals surface area contributed by atoms with Crippen molar-refractivity contribution >= 4 is 16.1 Å². The Balaban J connectivity index is 3.08. The van der Waals surface area contributed by atoms with E-state index in [9.17, 15) is 0 Å². The summed E-state index contributed by atoms with van der Waals surface area (Å²) < 4.78 is 1.85. The normalized spacial score (nSPS) is 9.25. The molecule has 1 nitrogen and oxygen atoms in total. The number of rotatable bonds is 0. The highest BCUT2D eigenvalue weighted by molar-refractivity contribution is 9.04. The monoisotopic (exact) mass is 172 g/mol. The Morgan fingerprint density at radius 2 is 2.38 bits per heavy atom. The van der Waals surface area contributed by atoms with Crippen molar-refractivity contribution < 1.29 is 3.59 Å². The van der Waals surface area contributed by atoms with E-state index in [4.69, 9.17) is 0 Å². The lowest BCUT2D eigenvalue weighted by Gasteiger charge is -1.82. The number of nitrogens with zero attached hydrogens (tertiary/aromatic N) is 1. The highest BCUT2D eigenvalue weighted by Gasteiger charge is 1.90. The molecular formula is C6H7BrN+. The van der Waals surface area contributed by atoms with Crippen molar-refractivity contribution in [2.24, 2.45) is 0 Å². The molecule has 0 spiro atoms. The molecule has 1 heterocycles. The van der Waals surface area contributed by atoms with Gasteiger partial charge in [0.25, 0.3) is 0 Å². The Morgan fingerprint density at radius 3 is 2.75 bits per heavy atom. The molecule has 0 aliphatic heterocycles. The first-order valence-electron chi connectivity index (χ1n) is 2.43. The van der Waals surface area contributed by atoms with Gasteiger partial charge in [0.05, 0.1) is 0 Å². The highest BCUT2D eigenvalue weighted by Crippen LogP contribution is 1.89. The van der Waals surface area contributed by atoms with Gasteiger partial charge in [-0.1, -0.05) is 0 Å². The number of hydrogen-bond donors (Lipinski definition) is 0. The van der Waals surface area contributed by atoms with E-state index in [0.29, 0.717) is 0 Å². The van der Waals surface area contributed by atoms with Crippen molar-refractivity contribution in [2.75, 3.05) is 0 Å². The molecule has 0 aromatic carbocycles. The predicted octanol–water partition coefficient (Wildman–Crippen LogP) is 1.44. The fourth-order valence-electron chi connectivity index (χ4n) is 0.558. The van der Waals surface area contributed by atoms with Gasteiger partial charge in [0, 0.05) is 11.6 Å². The van der Waals surface area contributed by atoms with Crippen LogP contribution >= 0.6 is 16.1 Å². The van der Waals surface area contributed by atoms with E-state index >= 15 is 0 Å².